The minimum atomic E-state index is -4.64. The molecule has 0 aliphatic carbocycles. The monoisotopic (exact) mass is 542 g/mol. The average Bonchev–Trinajstić information content (AvgIpc) is 3.07. The molecule has 0 saturated carbocycles. The largest absolute Gasteiger partial charge is 0.416 e. The zero-order valence-corrected chi connectivity index (χ0v) is 18.8. The first-order valence-electron chi connectivity index (χ1n) is 9.04. The number of ether oxygens (including phenoxy) is 1. The van der Waals surface area contributed by atoms with E-state index >= 15 is 0 Å². The zero-order chi connectivity index (χ0) is 21.0. The Hall–Kier alpha value is -1.96. The van der Waals surface area contributed by atoms with Crippen LogP contribution in [0.2, 0.25) is 0 Å². The Bertz CT molecular complexity index is 886. The summed E-state index contributed by atoms with van der Waals surface area (Å²) in [5, 5.41) is 10.4. The Kier molecular flexibility index (Phi) is 8.41. The minimum absolute atomic E-state index is 0. The van der Waals surface area contributed by atoms with Gasteiger partial charge in [0, 0.05) is 33.2 Å². The van der Waals surface area contributed by atoms with Gasteiger partial charge in [0.1, 0.15) is 18.2 Å². The summed E-state index contributed by atoms with van der Waals surface area (Å²) in [5.41, 5.74) is -1.07. The first-order chi connectivity index (χ1) is 13.8. The van der Waals surface area contributed by atoms with Gasteiger partial charge in [-0.1, -0.05) is 6.07 Å². The van der Waals surface area contributed by atoms with Crippen molar-refractivity contribution in [2.45, 2.75) is 44.8 Å². The molecule has 1 aliphatic rings. The molecule has 7 nitrogen and oxygen atoms in total. The van der Waals surface area contributed by atoms with Crippen molar-refractivity contribution in [1.29, 1.82) is 0 Å². The Morgan fingerprint density at radius 3 is 2.80 bits per heavy atom. The Morgan fingerprint density at radius 2 is 2.13 bits per heavy atom. The van der Waals surface area contributed by atoms with Gasteiger partial charge in [-0.15, -0.1) is 24.0 Å². The molecule has 2 heterocycles. The van der Waals surface area contributed by atoms with E-state index in [0.29, 0.717) is 37.4 Å². The molecule has 3 rings (SSSR count). The average molecular weight is 542 g/mol. The molecule has 12 heteroatoms. The fourth-order valence-corrected chi connectivity index (χ4v) is 3.20. The SMILES string of the molecule is CN=C(NCc1ccc(F)cc1C(F)(F)F)NC1CCc2nc(COC)nn2C1.I. The van der Waals surface area contributed by atoms with Gasteiger partial charge in [-0.2, -0.15) is 18.3 Å². The van der Waals surface area contributed by atoms with Crippen LogP contribution in [0.15, 0.2) is 23.2 Å². The molecule has 0 radical (unpaired) electrons. The molecule has 1 aliphatic heterocycles. The van der Waals surface area contributed by atoms with E-state index in [1.807, 2.05) is 0 Å². The quantitative estimate of drug-likeness (QED) is 0.263. The Morgan fingerprint density at radius 1 is 1.37 bits per heavy atom. The summed E-state index contributed by atoms with van der Waals surface area (Å²) < 4.78 is 59.5. The van der Waals surface area contributed by atoms with Crippen LogP contribution >= 0.6 is 24.0 Å². The highest BCUT2D eigenvalue weighted by molar-refractivity contribution is 14.0. The van der Waals surface area contributed by atoms with Crippen molar-refractivity contribution in [3.05, 3.63) is 46.8 Å². The van der Waals surface area contributed by atoms with Crippen molar-refractivity contribution in [1.82, 2.24) is 25.4 Å². The van der Waals surface area contributed by atoms with Crippen molar-refractivity contribution >= 4 is 29.9 Å². The van der Waals surface area contributed by atoms with E-state index in [9.17, 15) is 17.6 Å². The van der Waals surface area contributed by atoms with Gasteiger partial charge >= 0.3 is 6.18 Å². The highest BCUT2D eigenvalue weighted by Gasteiger charge is 2.33. The van der Waals surface area contributed by atoms with Crippen LogP contribution in [0.1, 0.15) is 29.2 Å². The van der Waals surface area contributed by atoms with Gasteiger partial charge in [-0.05, 0) is 24.1 Å². The summed E-state index contributed by atoms with van der Waals surface area (Å²) in [6, 6.07) is 2.62. The summed E-state index contributed by atoms with van der Waals surface area (Å²) in [6.07, 6.45) is -3.15. The van der Waals surface area contributed by atoms with Gasteiger partial charge in [0.25, 0.3) is 0 Å². The molecule has 0 spiro atoms. The number of aliphatic imine (C=N–C) groups is 1. The molecule has 166 valence electrons. The van der Waals surface area contributed by atoms with Gasteiger partial charge in [0.05, 0.1) is 12.1 Å². The number of guanidine groups is 1. The number of aryl methyl sites for hydroxylation is 1. The molecule has 30 heavy (non-hydrogen) atoms. The predicted octanol–water partition coefficient (Wildman–Crippen LogP) is 2.88. The molecule has 1 aromatic heterocycles. The van der Waals surface area contributed by atoms with Crippen molar-refractivity contribution in [3.8, 4) is 0 Å². The summed E-state index contributed by atoms with van der Waals surface area (Å²) in [4.78, 5) is 8.48. The molecule has 0 amide bonds. The fourth-order valence-electron chi connectivity index (χ4n) is 3.20. The van der Waals surface area contributed by atoms with Crippen LogP contribution in [-0.2, 0) is 37.0 Å². The number of rotatable bonds is 5. The summed E-state index contributed by atoms with van der Waals surface area (Å²) in [6.45, 7) is 0.742. The lowest BCUT2D eigenvalue weighted by Gasteiger charge is -2.25. The maximum atomic E-state index is 13.2. The Labute approximate surface area is 188 Å². The van der Waals surface area contributed by atoms with E-state index in [0.717, 1.165) is 24.4 Å². The number of halogens is 5. The maximum absolute atomic E-state index is 13.2. The number of fused-ring (bicyclic) bond motifs is 1. The third-order valence-electron chi connectivity index (χ3n) is 4.56. The summed E-state index contributed by atoms with van der Waals surface area (Å²) in [7, 11) is 3.11. The van der Waals surface area contributed by atoms with E-state index in [2.05, 4.69) is 25.7 Å². The molecule has 1 unspecified atom stereocenters. The van der Waals surface area contributed by atoms with Gasteiger partial charge in [-0.3, -0.25) is 4.99 Å². The van der Waals surface area contributed by atoms with Crippen LogP contribution in [-0.4, -0.2) is 40.9 Å². The van der Waals surface area contributed by atoms with Gasteiger partial charge < -0.3 is 15.4 Å². The first kappa shape index (κ1) is 24.3. The van der Waals surface area contributed by atoms with Crippen LogP contribution in [0.25, 0.3) is 0 Å². The summed E-state index contributed by atoms with van der Waals surface area (Å²) >= 11 is 0. The standard InChI is InChI=1S/C18H22F4N6O.HI/c1-23-17(24-8-11-3-4-12(19)7-14(11)18(20,21)22)25-13-5-6-16-26-15(10-29-2)27-28(16)9-13;/h3-4,7,13H,5-6,8-10H2,1-2H3,(H2,23,24,25);1H. The lowest BCUT2D eigenvalue weighted by atomic mass is 10.1. The zero-order valence-electron chi connectivity index (χ0n) is 16.5. The molecule has 0 fully saturated rings. The number of benzene rings is 1. The second-order valence-electron chi connectivity index (χ2n) is 6.66. The number of hydrogen-bond acceptors (Lipinski definition) is 4. The molecule has 1 atom stereocenters. The second kappa shape index (κ2) is 10.4. The van der Waals surface area contributed by atoms with E-state index in [-0.39, 0.29) is 42.1 Å². The fraction of sp³-hybridized carbons (Fsp3) is 0.500. The number of nitrogens with one attached hydrogen (secondary N) is 2. The molecule has 1 aromatic carbocycles. The molecular formula is C18H23F4IN6O. The van der Waals surface area contributed by atoms with E-state index < -0.39 is 17.6 Å². The normalized spacial score (nSPS) is 16.6. The molecule has 2 N–H and O–H groups in total. The number of nitrogens with zero attached hydrogens (tertiary/aromatic N) is 4. The van der Waals surface area contributed by atoms with Crippen molar-refractivity contribution in [2.24, 2.45) is 4.99 Å². The third-order valence-corrected chi connectivity index (χ3v) is 4.56. The van der Waals surface area contributed by atoms with Crippen LogP contribution < -0.4 is 10.6 Å². The third kappa shape index (κ3) is 6.03. The maximum Gasteiger partial charge on any atom is 0.416 e. The minimum Gasteiger partial charge on any atom is -0.377 e. The van der Waals surface area contributed by atoms with Crippen LogP contribution in [0.5, 0.6) is 0 Å². The first-order valence-corrected chi connectivity index (χ1v) is 9.04. The summed E-state index contributed by atoms with van der Waals surface area (Å²) in [5.74, 6) is 0.913. The topological polar surface area (TPSA) is 76.4 Å². The number of hydrogen-bond donors (Lipinski definition) is 2. The van der Waals surface area contributed by atoms with Gasteiger partial charge in [0.15, 0.2) is 11.8 Å². The number of methoxy groups -OCH3 is 1. The van der Waals surface area contributed by atoms with Crippen LogP contribution in [0.3, 0.4) is 0 Å². The number of alkyl halides is 3. The van der Waals surface area contributed by atoms with Gasteiger partial charge in [-0.25, -0.2) is 14.1 Å². The smallest absolute Gasteiger partial charge is 0.377 e. The van der Waals surface area contributed by atoms with Crippen molar-refractivity contribution in [3.63, 3.8) is 0 Å². The lowest BCUT2D eigenvalue weighted by molar-refractivity contribution is -0.138. The molecule has 0 saturated heterocycles. The highest BCUT2D eigenvalue weighted by Crippen LogP contribution is 2.32. The van der Waals surface area contributed by atoms with Gasteiger partial charge in [0.2, 0.25) is 0 Å². The predicted molar refractivity (Wildman–Crippen MR) is 113 cm³/mol. The van der Waals surface area contributed by atoms with E-state index in [1.54, 1.807) is 11.8 Å². The van der Waals surface area contributed by atoms with Crippen LogP contribution in [0.4, 0.5) is 17.6 Å². The highest BCUT2D eigenvalue weighted by atomic mass is 127. The lowest BCUT2D eigenvalue weighted by Crippen LogP contribution is -2.47. The van der Waals surface area contributed by atoms with E-state index in [1.165, 1.54) is 7.05 Å². The second-order valence-corrected chi connectivity index (χ2v) is 6.66. The molecule has 2 aromatic rings. The van der Waals surface area contributed by atoms with Crippen LogP contribution in [0, 0.1) is 5.82 Å². The van der Waals surface area contributed by atoms with Crippen molar-refractivity contribution in [2.75, 3.05) is 14.2 Å². The van der Waals surface area contributed by atoms with Crippen molar-refractivity contribution < 1.29 is 22.3 Å². The Balaban J connectivity index is 0.00000320. The number of aromatic nitrogens is 3. The molecule has 0 bridgehead atoms. The molecular weight excluding hydrogens is 519 g/mol. The van der Waals surface area contributed by atoms with E-state index in [4.69, 9.17) is 4.74 Å².